The highest BCUT2D eigenvalue weighted by Gasteiger charge is 2.49. The van der Waals surface area contributed by atoms with Gasteiger partial charge in [0.25, 0.3) is 0 Å². The van der Waals surface area contributed by atoms with Crippen LogP contribution >= 0.6 is 15.9 Å². The third kappa shape index (κ3) is 2.33. The number of anilines is 1. The monoisotopic (exact) mass is 388 g/mol. The highest BCUT2D eigenvalue weighted by Crippen LogP contribution is 2.46. The predicted molar refractivity (Wildman–Crippen MR) is 94.5 cm³/mol. The number of urea groups is 1. The van der Waals surface area contributed by atoms with Crippen LogP contribution in [0.5, 0.6) is 11.5 Å². The van der Waals surface area contributed by atoms with Gasteiger partial charge >= 0.3 is 6.03 Å². The molecule has 4 rings (SSSR count). The van der Waals surface area contributed by atoms with E-state index in [0.717, 1.165) is 27.2 Å². The van der Waals surface area contributed by atoms with Gasteiger partial charge in [-0.1, -0.05) is 15.9 Å². The first-order valence-corrected chi connectivity index (χ1v) is 8.53. The molecule has 0 aromatic heterocycles. The fourth-order valence-corrected chi connectivity index (χ4v) is 3.85. The fourth-order valence-electron chi connectivity index (χ4n) is 3.47. The molecule has 6 heteroatoms. The highest BCUT2D eigenvalue weighted by molar-refractivity contribution is 9.10. The van der Waals surface area contributed by atoms with Crippen LogP contribution in [0.4, 0.5) is 10.5 Å². The first kappa shape index (κ1) is 15.3. The SMILES string of the molecule is COc1ccc(N2C(=O)N[C@@H]3C[C@]2(C)Oc2ccc(Br)cc23)cc1. The number of halogens is 1. The summed E-state index contributed by atoms with van der Waals surface area (Å²) in [5.41, 5.74) is 1.04. The van der Waals surface area contributed by atoms with Crippen LogP contribution in [0, 0.1) is 0 Å². The summed E-state index contributed by atoms with van der Waals surface area (Å²) in [4.78, 5) is 14.4. The van der Waals surface area contributed by atoms with E-state index in [4.69, 9.17) is 9.47 Å². The van der Waals surface area contributed by atoms with Crippen LogP contribution in [-0.2, 0) is 0 Å². The van der Waals surface area contributed by atoms with Gasteiger partial charge in [0, 0.05) is 22.1 Å². The molecule has 2 bridgehead atoms. The molecule has 1 fully saturated rings. The van der Waals surface area contributed by atoms with Crippen molar-refractivity contribution >= 4 is 27.6 Å². The van der Waals surface area contributed by atoms with Gasteiger partial charge in [-0.3, -0.25) is 4.90 Å². The summed E-state index contributed by atoms with van der Waals surface area (Å²) in [6, 6.07) is 13.1. The van der Waals surface area contributed by atoms with Crippen LogP contribution in [0.2, 0.25) is 0 Å². The largest absolute Gasteiger partial charge is 0.497 e. The Morgan fingerprint density at radius 2 is 2.04 bits per heavy atom. The Labute approximate surface area is 148 Å². The summed E-state index contributed by atoms with van der Waals surface area (Å²) in [6.07, 6.45) is 0.675. The summed E-state index contributed by atoms with van der Waals surface area (Å²) >= 11 is 3.48. The summed E-state index contributed by atoms with van der Waals surface area (Å²) in [5.74, 6) is 1.55. The smallest absolute Gasteiger partial charge is 0.325 e. The van der Waals surface area contributed by atoms with Crippen LogP contribution < -0.4 is 19.7 Å². The zero-order valence-electron chi connectivity index (χ0n) is 13.4. The molecule has 0 spiro atoms. The van der Waals surface area contributed by atoms with Crippen molar-refractivity contribution in [1.82, 2.24) is 5.32 Å². The van der Waals surface area contributed by atoms with Crippen molar-refractivity contribution in [2.45, 2.75) is 25.1 Å². The number of carbonyl (C=O) groups excluding carboxylic acids is 1. The van der Waals surface area contributed by atoms with Gasteiger partial charge in [0.15, 0.2) is 5.72 Å². The van der Waals surface area contributed by atoms with Crippen molar-refractivity contribution in [3.8, 4) is 11.5 Å². The topological polar surface area (TPSA) is 50.8 Å². The van der Waals surface area contributed by atoms with E-state index in [1.165, 1.54) is 0 Å². The van der Waals surface area contributed by atoms with E-state index in [9.17, 15) is 4.79 Å². The molecule has 2 heterocycles. The number of fused-ring (bicyclic) bond motifs is 4. The van der Waals surface area contributed by atoms with Crippen molar-refractivity contribution in [2.75, 3.05) is 12.0 Å². The molecule has 2 aromatic carbocycles. The minimum Gasteiger partial charge on any atom is -0.497 e. The number of benzene rings is 2. The lowest BCUT2D eigenvalue weighted by atomic mass is 9.90. The number of hydrogen-bond acceptors (Lipinski definition) is 3. The van der Waals surface area contributed by atoms with Gasteiger partial charge in [-0.25, -0.2) is 4.79 Å². The van der Waals surface area contributed by atoms with E-state index >= 15 is 0 Å². The number of hydrogen-bond donors (Lipinski definition) is 1. The standard InChI is InChI=1S/C18H17BrN2O3/c1-18-10-15(14-9-11(19)3-8-16(14)24-18)20-17(22)21(18)12-4-6-13(23-2)7-5-12/h3-9,15H,10H2,1-2H3,(H,20,22)/t15-,18+/m1/s1. The molecule has 24 heavy (non-hydrogen) atoms. The second-order valence-corrected chi connectivity index (χ2v) is 7.11. The maximum absolute atomic E-state index is 12.8. The van der Waals surface area contributed by atoms with Crippen LogP contribution in [0.15, 0.2) is 46.9 Å². The summed E-state index contributed by atoms with van der Waals surface area (Å²) < 4.78 is 12.4. The van der Waals surface area contributed by atoms with E-state index in [0.29, 0.717) is 6.42 Å². The Balaban J connectivity index is 1.76. The van der Waals surface area contributed by atoms with Crippen molar-refractivity contribution in [1.29, 1.82) is 0 Å². The molecule has 0 radical (unpaired) electrons. The zero-order chi connectivity index (χ0) is 16.9. The third-order valence-corrected chi connectivity index (χ3v) is 5.06. The van der Waals surface area contributed by atoms with Crippen molar-refractivity contribution in [2.24, 2.45) is 0 Å². The number of methoxy groups -OCH3 is 1. The van der Waals surface area contributed by atoms with Gasteiger partial charge in [-0.2, -0.15) is 0 Å². The van der Waals surface area contributed by atoms with Gasteiger partial charge in [0.1, 0.15) is 11.5 Å². The molecule has 0 saturated carbocycles. The molecular formula is C18H17BrN2O3. The molecule has 1 saturated heterocycles. The van der Waals surface area contributed by atoms with Gasteiger partial charge in [0.2, 0.25) is 0 Å². The lowest BCUT2D eigenvalue weighted by Gasteiger charge is -2.50. The molecule has 2 atom stereocenters. The lowest BCUT2D eigenvalue weighted by molar-refractivity contribution is 0.0378. The number of rotatable bonds is 2. The van der Waals surface area contributed by atoms with Crippen LogP contribution in [0.1, 0.15) is 24.9 Å². The van der Waals surface area contributed by atoms with Crippen LogP contribution in [-0.4, -0.2) is 18.9 Å². The minimum atomic E-state index is -0.734. The average molecular weight is 389 g/mol. The van der Waals surface area contributed by atoms with E-state index in [1.54, 1.807) is 12.0 Å². The van der Waals surface area contributed by atoms with E-state index in [2.05, 4.69) is 21.2 Å². The molecule has 0 unspecified atom stereocenters. The van der Waals surface area contributed by atoms with E-state index in [-0.39, 0.29) is 12.1 Å². The molecule has 0 aliphatic carbocycles. The normalized spacial score (nSPS) is 24.7. The number of carbonyl (C=O) groups is 1. The molecule has 1 N–H and O–H groups in total. The predicted octanol–water partition coefficient (Wildman–Crippen LogP) is 4.23. The zero-order valence-corrected chi connectivity index (χ0v) is 15.0. The van der Waals surface area contributed by atoms with Crippen molar-refractivity contribution in [3.63, 3.8) is 0 Å². The van der Waals surface area contributed by atoms with Gasteiger partial charge in [-0.05, 0) is 49.4 Å². The summed E-state index contributed by atoms with van der Waals surface area (Å²) in [6.45, 7) is 1.95. The summed E-state index contributed by atoms with van der Waals surface area (Å²) in [7, 11) is 1.62. The Morgan fingerprint density at radius 1 is 1.29 bits per heavy atom. The fraction of sp³-hybridized carbons (Fsp3) is 0.278. The van der Waals surface area contributed by atoms with Crippen molar-refractivity contribution in [3.05, 3.63) is 52.5 Å². The molecule has 124 valence electrons. The molecule has 2 amide bonds. The first-order valence-electron chi connectivity index (χ1n) is 7.73. The first-order chi connectivity index (χ1) is 11.5. The highest BCUT2D eigenvalue weighted by atomic mass is 79.9. The molecular weight excluding hydrogens is 372 g/mol. The molecule has 2 aliphatic heterocycles. The van der Waals surface area contributed by atoms with Crippen LogP contribution in [0.25, 0.3) is 0 Å². The lowest BCUT2D eigenvalue weighted by Crippen LogP contribution is -2.65. The number of ether oxygens (including phenoxy) is 2. The second-order valence-electron chi connectivity index (χ2n) is 6.20. The van der Waals surface area contributed by atoms with E-state index in [1.807, 2.05) is 49.4 Å². The average Bonchev–Trinajstić information content (AvgIpc) is 2.55. The number of nitrogens with one attached hydrogen (secondary N) is 1. The Kier molecular flexibility index (Phi) is 3.46. The van der Waals surface area contributed by atoms with Crippen molar-refractivity contribution < 1.29 is 14.3 Å². The molecule has 2 aromatic rings. The van der Waals surface area contributed by atoms with Crippen LogP contribution in [0.3, 0.4) is 0 Å². The Hall–Kier alpha value is -2.21. The quantitative estimate of drug-likeness (QED) is 0.837. The van der Waals surface area contributed by atoms with Gasteiger partial charge < -0.3 is 14.8 Å². The molecule has 5 nitrogen and oxygen atoms in total. The number of nitrogens with zero attached hydrogens (tertiary/aromatic N) is 1. The van der Waals surface area contributed by atoms with Gasteiger partial charge in [0.05, 0.1) is 13.2 Å². The Bertz CT molecular complexity index is 808. The second kappa shape index (κ2) is 5.41. The Morgan fingerprint density at radius 3 is 2.75 bits per heavy atom. The summed E-state index contributed by atoms with van der Waals surface area (Å²) in [5, 5.41) is 3.09. The van der Waals surface area contributed by atoms with E-state index < -0.39 is 5.72 Å². The maximum atomic E-state index is 12.8. The maximum Gasteiger partial charge on any atom is 0.325 e. The van der Waals surface area contributed by atoms with Gasteiger partial charge in [-0.15, -0.1) is 0 Å². The number of amides is 2. The molecule has 2 aliphatic rings. The third-order valence-electron chi connectivity index (χ3n) is 4.56. The minimum absolute atomic E-state index is 0.0572.